The van der Waals surface area contributed by atoms with Crippen molar-refractivity contribution in [1.29, 1.82) is 0 Å². The lowest BCUT2D eigenvalue weighted by molar-refractivity contribution is -0.0107. The molecule has 15 heavy (non-hydrogen) atoms. The third kappa shape index (κ3) is 2.91. The number of hydrogen-bond acceptors (Lipinski definition) is 4. The summed E-state index contributed by atoms with van der Waals surface area (Å²) in [6.45, 7) is 4.20. The van der Waals surface area contributed by atoms with E-state index in [1.807, 2.05) is 0 Å². The lowest BCUT2D eigenvalue weighted by Gasteiger charge is -2.35. The van der Waals surface area contributed by atoms with Gasteiger partial charge in [-0.2, -0.15) is 0 Å². The molecule has 0 saturated carbocycles. The highest BCUT2D eigenvalue weighted by Gasteiger charge is 2.34. The number of hydrogen-bond donors (Lipinski definition) is 2. The van der Waals surface area contributed by atoms with E-state index in [0.717, 1.165) is 52.1 Å². The minimum Gasteiger partial charge on any atom is -0.387 e. The van der Waals surface area contributed by atoms with Crippen LogP contribution in [0.5, 0.6) is 0 Å². The van der Waals surface area contributed by atoms with Gasteiger partial charge in [0.05, 0.1) is 5.60 Å². The van der Waals surface area contributed by atoms with Gasteiger partial charge in [-0.25, -0.2) is 0 Å². The lowest BCUT2D eigenvalue weighted by Crippen LogP contribution is -2.48. The van der Waals surface area contributed by atoms with Crippen molar-refractivity contribution in [3.8, 4) is 0 Å². The smallest absolute Gasteiger partial charge is 0.0909 e. The summed E-state index contributed by atoms with van der Waals surface area (Å²) in [5.41, 5.74) is -0.507. The van der Waals surface area contributed by atoms with Crippen LogP contribution in [-0.2, 0) is 4.74 Å². The Balaban J connectivity index is 1.82. The standard InChI is InChI=1S/C11H22N2O2/c1-13(10-2-6-15-7-3-10)9-11(14)4-5-12-8-11/h10,12,14H,2-9H2,1H3. The third-order valence-corrected chi connectivity index (χ3v) is 3.58. The molecule has 0 aliphatic carbocycles. The largest absolute Gasteiger partial charge is 0.387 e. The lowest BCUT2D eigenvalue weighted by atomic mass is 10.00. The second kappa shape index (κ2) is 4.78. The molecule has 2 fully saturated rings. The Kier molecular flexibility index (Phi) is 3.61. The molecule has 0 aromatic heterocycles. The zero-order valence-electron chi connectivity index (χ0n) is 9.54. The Morgan fingerprint density at radius 1 is 1.47 bits per heavy atom. The zero-order chi connectivity index (χ0) is 10.7. The van der Waals surface area contributed by atoms with Gasteiger partial charge in [-0.3, -0.25) is 0 Å². The topological polar surface area (TPSA) is 44.7 Å². The fourth-order valence-corrected chi connectivity index (χ4v) is 2.58. The van der Waals surface area contributed by atoms with Gasteiger partial charge in [0, 0.05) is 32.3 Å². The Labute approximate surface area is 91.6 Å². The summed E-state index contributed by atoms with van der Waals surface area (Å²) in [5, 5.41) is 13.5. The van der Waals surface area contributed by atoms with Crippen LogP contribution in [0.25, 0.3) is 0 Å². The zero-order valence-corrected chi connectivity index (χ0v) is 9.54. The number of nitrogens with one attached hydrogen (secondary N) is 1. The molecule has 4 heteroatoms. The fraction of sp³-hybridized carbons (Fsp3) is 1.00. The molecule has 0 spiro atoms. The van der Waals surface area contributed by atoms with E-state index in [0.29, 0.717) is 6.04 Å². The van der Waals surface area contributed by atoms with Gasteiger partial charge in [0.1, 0.15) is 0 Å². The SMILES string of the molecule is CN(CC1(O)CCNC1)C1CCOCC1. The molecule has 0 bridgehead atoms. The molecule has 0 radical (unpaired) electrons. The van der Waals surface area contributed by atoms with E-state index in [-0.39, 0.29) is 0 Å². The summed E-state index contributed by atoms with van der Waals surface area (Å²) in [7, 11) is 2.12. The van der Waals surface area contributed by atoms with Crippen LogP contribution in [0.3, 0.4) is 0 Å². The second-order valence-corrected chi connectivity index (χ2v) is 4.91. The summed E-state index contributed by atoms with van der Waals surface area (Å²) in [6.07, 6.45) is 3.07. The van der Waals surface area contributed by atoms with Gasteiger partial charge in [-0.1, -0.05) is 0 Å². The number of β-amino-alcohol motifs (C(OH)–C–C–N with tert-alkyl or cyclic N) is 1. The van der Waals surface area contributed by atoms with Crippen LogP contribution in [0.4, 0.5) is 0 Å². The molecular formula is C11H22N2O2. The first-order chi connectivity index (χ1) is 7.20. The summed E-state index contributed by atoms with van der Waals surface area (Å²) in [4.78, 5) is 2.30. The van der Waals surface area contributed by atoms with E-state index in [2.05, 4.69) is 17.3 Å². The van der Waals surface area contributed by atoms with Crippen LogP contribution < -0.4 is 5.32 Å². The second-order valence-electron chi connectivity index (χ2n) is 4.91. The minimum absolute atomic E-state index is 0.507. The van der Waals surface area contributed by atoms with Crippen molar-refractivity contribution in [2.45, 2.75) is 30.9 Å². The van der Waals surface area contributed by atoms with Crippen LogP contribution in [0.1, 0.15) is 19.3 Å². The van der Waals surface area contributed by atoms with Crippen molar-refractivity contribution < 1.29 is 9.84 Å². The van der Waals surface area contributed by atoms with Crippen LogP contribution in [-0.4, -0.2) is 61.5 Å². The molecule has 2 saturated heterocycles. The summed E-state index contributed by atoms with van der Waals surface area (Å²) >= 11 is 0. The first-order valence-corrected chi connectivity index (χ1v) is 5.91. The average molecular weight is 214 g/mol. The van der Waals surface area contributed by atoms with Gasteiger partial charge in [-0.15, -0.1) is 0 Å². The molecule has 4 nitrogen and oxygen atoms in total. The van der Waals surface area contributed by atoms with Crippen molar-refractivity contribution in [1.82, 2.24) is 10.2 Å². The van der Waals surface area contributed by atoms with Crippen LogP contribution in [0.2, 0.25) is 0 Å². The maximum absolute atomic E-state index is 10.3. The predicted molar refractivity (Wildman–Crippen MR) is 58.9 cm³/mol. The summed E-state index contributed by atoms with van der Waals surface area (Å²) in [6, 6.07) is 0.586. The van der Waals surface area contributed by atoms with E-state index in [9.17, 15) is 5.11 Å². The minimum atomic E-state index is -0.507. The van der Waals surface area contributed by atoms with E-state index < -0.39 is 5.60 Å². The van der Waals surface area contributed by atoms with Crippen LogP contribution in [0.15, 0.2) is 0 Å². The quantitative estimate of drug-likeness (QED) is 0.684. The van der Waals surface area contributed by atoms with E-state index in [1.165, 1.54) is 0 Å². The van der Waals surface area contributed by atoms with Gasteiger partial charge < -0.3 is 20.1 Å². The number of aliphatic hydroxyl groups is 1. The van der Waals surface area contributed by atoms with Crippen molar-refractivity contribution in [2.75, 3.05) is 39.9 Å². The van der Waals surface area contributed by atoms with E-state index in [1.54, 1.807) is 0 Å². The molecule has 0 amide bonds. The molecule has 2 aliphatic rings. The number of likely N-dealkylation sites (N-methyl/N-ethyl adjacent to an activating group) is 1. The van der Waals surface area contributed by atoms with Gasteiger partial charge in [-0.05, 0) is 32.9 Å². The number of rotatable bonds is 3. The van der Waals surface area contributed by atoms with E-state index in [4.69, 9.17) is 4.74 Å². The van der Waals surface area contributed by atoms with Crippen LogP contribution in [0, 0.1) is 0 Å². The van der Waals surface area contributed by atoms with Crippen molar-refractivity contribution in [2.24, 2.45) is 0 Å². The Morgan fingerprint density at radius 3 is 2.80 bits per heavy atom. The Morgan fingerprint density at radius 2 is 2.20 bits per heavy atom. The van der Waals surface area contributed by atoms with Crippen LogP contribution >= 0.6 is 0 Å². The highest BCUT2D eigenvalue weighted by molar-refractivity contribution is 4.91. The molecule has 0 aromatic carbocycles. The molecule has 2 aliphatic heterocycles. The number of ether oxygens (including phenoxy) is 1. The van der Waals surface area contributed by atoms with Crippen molar-refractivity contribution in [3.05, 3.63) is 0 Å². The highest BCUT2D eigenvalue weighted by atomic mass is 16.5. The number of nitrogens with zero attached hydrogens (tertiary/aromatic N) is 1. The molecule has 2 N–H and O–H groups in total. The maximum atomic E-state index is 10.3. The third-order valence-electron chi connectivity index (χ3n) is 3.58. The first kappa shape index (κ1) is 11.3. The van der Waals surface area contributed by atoms with E-state index >= 15 is 0 Å². The van der Waals surface area contributed by atoms with Crippen molar-refractivity contribution in [3.63, 3.8) is 0 Å². The monoisotopic (exact) mass is 214 g/mol. The Hall–Kier alpha value is -0.160. The van der Waals surface area contributed by atoms with Gasteiger partial charge in [0.2, 0.25) is 0 Å². The van der Waals surface area contributed by atoms with Crippen molar-refractivity contribution >= 4 is 0 Å². The highest BCUT2D eigenvalue weighted by Crippen LogP contribution is 2.19. The molecule has 1 unspecified atom stereocenters. The summed E-state index contributed by atoms with van der Waals surface area (Å²) < 4.78 is 5.34. The van der Waals surface area contributed by atoms with Gasteiger partial charge in [0.15, 0.2) is 0 Å². The van der Waals surface area contributed by atoms with Gasteiger partial charge >= 0.3 is 0 Å². The molecule has 1 atom stereocenters. The fourth-order valence-electron chi connectivity index (χ4n) is 2.58. The molecule has 88 valence electrons. The Bertz CT molecular complexity index is 199. The maximum Gasteiger partial charge on any atom is 0.0909 e. The predicted octanol–water partition coefficient (Wildman–Crippen LogP) is -0.178. The van der Waals surface area contributed by atoms with Gasteiger partial charge in [0.25, 0.3) is 0 Å². The molecule has 2 heterocycles. The molecule has 2 rings (SSSR count). The molecule has 0 aromatic rings. The average Bonchev–Trinajstić information content (AvgIpc) is 2.66. The molecular weight excluding hydrogens is 192 g/mol. The normalized spacial score (nSPS) is 33.8. The summed E-state index contributed by atoms with van der Waals surface area (Å²) in [5.74, 6) is 0. The first-order valence-electron chi connectivity index (χ1n) is 5.91.